The topological polar surface area (TPSA) is 64.6 Å². The van der Waals surface area contributed by atoms with Crippen molar-refractivity contribution in [2.24, 2.45) is 0 Å². The van der Waals surface area contributed by atoms with Gasteiger partial charge in [-0.2, -0.15) is 0 Å². The van der Waals surface area contributed by atoms with E-state index < -0.39 is 18.1 Å². The second-order valence-corrected chi connectivity index (χ2v) is 4.89. The van der Waals surface area contributed by atoms with E-state index in [9.17, 15) is 14.0 Å². The molecular weight excluding hydrogens is 277 g/mol. The van der Waals surface area contributed by atoms with Gasteiger partial charge in [0.1, 0.15) is 11.9 Å². The molecule has 0 aromatic heterocycles. The monoisotopic (exact) mass is 295 g/mol. The van der Waals surface area contributed by atoms with Crippen LogP contribution in [0.15, 0.2) is 24.3 Å². The van der Waals surface area contributed by atoms with Gasteiger partial charge in [0, 0.05) is 6.61 Å². The number of esters is 1. The third-order valence-corrected chi connectivity index (χ3v) is 3.41. The lowest BCUT2D eigenvalue weighted by molar-refractivity contribution is -0.141. The lowest BCUT2D eigenvalue weighted by atomic mass is 10.0. The van der Waals surface area contributed by atoms with Crippen molar-refractivity contribution in [1.82, 2.24) is 5.32 Å². The number of hydrogen-bond donors (Lipinski definition) is 1. The molecule has 0 spiro atoms. The summed E-state index contributed by atoms with van der Waals surface area (Å²) in [5, 5.41) is 2.77. The van der Waals surface area contributed by atoms with E-state index in [0.717, 1.165) is 6.42 Å². The molecule has 1 saturated heterocycles. The maximum atomic E-state index is 13.0. The zero-order chi connectivity index (χ0) is 15.2. The van der Waals surface area contributed by atoms with Crippen LogP contribution in [0.1, 0.15) is 30.9 Å². The van der Waals surface area contributed by atoms with Crippen LogP contribution in [-0.4, -0.2) is 31.7 Å². The normalized spacial score (nSPS) is 19.0. The van der Waals surface area contributed by atoms with Gasteiger partial charge in [0.15, 0.2) is 0 Å². The van der Waals surface area contributed by atoms with Crippen molar-refractivity contribution in [3.8, 4) is 0 Å². The van der Waals surface area contributed by atoms with Gasteiger partial charge in [0.05, 0.1) is 19.6 Å². The first kappa shape index (κ1) is 15.4. The fraction of sp³-hybridized carbons (Fsp3) is 0.467. The number of rotatable bonds is 5. The average Bonchev–Trinajstić information content (AvgIpc) is 3.01. The van der Waals surface area contributed by atoms with Crippen molar-refractivity contribution in [1.29, 1.82) is 0 Å². The molecular formula is C15H18FNO4. The van der Waals surface area contributed by atoms with E-state index in [0.29, 0.717) is 18.6 Å². The van der Waals surface area contributed by atoms with Crippen LogP contribution in [-0.2, 0) is 19.1 Å². The summed E-state index contributed by atoms with van der Waals surface area (Å²) in [5.74, 6) is -1.08. The number of carbonyl (C=O) groups is 2. The van der Waals surface area contributed by atoms with Gasteiger partial charge < -0.3 is 14.8 Å². The average molecular weight is 295 g/mol. The Morgan fingerprint density at radius 1 is 1.43 bits per heavy atom. The molecule has 2 rings (SSSR count). The molecule has 6 heteroatoms. The number of methoxy groups -OCH3 is 1. The van der Waals surface area contributed by atoms with Gasteiger partial charge in [-0.15, -0.1) is 0 Å². The Morgan fingerprint density at radius 2 is 2.14 bits per heavy atom. The Labute approximate surface area is 122 Å². The molecule has 1 aromatic carbocycles. The molecule has 0 aliphatic carbocycles. The van der Waals surface area contributed by atoms with Crippen LogP contribution in [0.4, 0.5) is 4.39 Å². The molecule has 21 heavy (non-hydrogen) atoms. The van der Waals surface area contributed by atoms with E-state index in [4.69, 9.17) is 4.74 Å². The Hall–Kier alpha value is -1.95. The van der Waals surface area contributed by atoms with Gasteiger partial charge in [-0.05, 0) is 30.5 Å². The number of amides is 1. The molecule has 1 aromatic rings. The third-order valence-electron chi connectivity index (χ3n) is 3.41. The first-order valence-corrected chi connectivity index (χ1v) is 6.84. The fourth-order valence-electron chi connectivity index (χ4n) is 2.25. The molecule has 114 valence electrons. The quantitative estimate of drug-likeness (QED) is 0.840. The highest BCUT2D eigenvalue weighted by Gasteiger charge is 2.27. The molecule has 5 nitrogen and oxygen atoms in total. The number of benzene rings is 1. The van der Waals surface area contributed by atoms with Crippen LogP contribution >= 0.6 is 0 Å². The van der Waals surface area contributed by atoms with E-state index in [1.807, 2.05) is 0 Å². The van der Waals surface area contributed by atoms with Gasteiger partial charge in [-0.1, -0.05) is 12.1 Å². The second-order valence-electron chi connectivity index (χ2n) is 4.89. The molecule has 1 aliphatic rings. The summed E-state index contributed by atoms with van der Waals surface area (Å²) in [4.78, 5) is 23.6. The minimum Gasteiger partial charge on any atom is -0.469 e. The summed E-state index contributed by atoms with van der Waals surface area (Å²) in [6, 6.07) is 5.10. The number of halogens is 1. The van der Waals surface area contributed by atoms with Crippen molar-refractivity contribution >= 4 is 11.9 Å². The van der Waals surface area contributed by atoms with Gasteiger partial charge in [-0.25, -0.2) is 4.39 Å². The summed E-state index contributed by atoms with van der Waals surface area (Å²) in [6.45, 7) is 0.566. The molecule has 1 amide bonds. The van der Waals surface area contributed by atoms with Gasteiger partial charge >= 0.3 is 5.97 Å². The highest BCUT2D eigenvalue weighted by molar-refractivity contribution is 5.82. The zero-order valence-electron chi connectivity index (χ0n) is 11.8. The third kappa shape index (κ3) is 4.26. The molecule has 0 radical (unpaired) electrons. The minimum absolute atomic E-state index is 0.0133. The molecule has 0 bridgehead atoms. The lowest BCUT2D eigenvalue weighted by Gasteiger charge is -2.20. The lowest BCUT2D eigenvalue weighted by Crippen LogP contribution is -2.37. The molecule has 1 N–H and O–H groups in total. The molecule has 1 aliphatic heterocycles. The van der Waals surface area contributed by atoms with Crippen molar-refractivity contribution in [2.75, 3.05) is 13.7 Å². The maximum absolute atomic E-state index is 13.0. The minimum atomic E-state index is -0.560. The molecule has 0 unspecified atom stereocenters. The summed E-state index contributed by atoms with van der Waals surface area (Å²) < 4.78 is 22.9. The summed E-state index contributed by atoms with van der Waals surface area (Å²) in [5.41, 5.74) is 0.646. The number of nitrogens with one attached hydrogen (secondary N) is 1. The van der Waals surface area contributed by atoms with Crippen LogP contribution in [0.25, 0.3) is 0 Å². The van der Waals surface area contributed by atoms with E-state index in [1.165, 1.54) is 19.2 Å². The van der Waals surface area contributed by atoms with E-state index >= 15 is 0 Å². The van der Waals surface area contributed by atoms with Crippen molar-refractivity contribution in [2.45, 2.75) is 31.4 Å². The number of ether oxygens (including phenoxy) is 2. The zero-order valence-corrected chi connectivity index (χ0v) is 11.8. The predicted molar refractivity (Wildman–Crippen MR) is 72.9 cm³/mol. The van der Waals surface area contributed by atoms with E-state index in [2.05, 4.69) is 10.1 Å². The Bertz CT molecular complexity index is 497. The van der Waals surface area contributed by atoms with Crippen LogP contribution < -0.4 is 5.32 Å². The van der Waals surface area contributed by atoms with Crippen molar-refractivity contribution < 1.29 is 23.5 Å². The smallest absolute Gasteiger partial charge is 0.307 e. The largest absolute Gasteiger partial charge is 0.469 e. The van der Waals surface area contributed by atoms with Crippen LogP contribution in [0.2, 0.25) is 0 Å². The first-order chi connectivity index (χ1) is 10.1. The molecule has 1 heterocycles. The van der Waals surface area contributed by atoms with Crippen molar-refractivity contribution in [3.63, 3.8) is 0 Å². The standard InChI is InChI=1S/C15H18FNO4/c1-20-14(18)9-12(10-4-6-11(16)7-5-10)17-15(19)13-3-2-8-21-13/h4-7,12-13H,2-3,8-9H2,1H3,(H,17,19)/t12-,13+/m0/s1. The van der Waals surface area contributed by atoms with E-state index in [-0.39, 0.29) is 18.1 Å². The van der Waals surface area contributed by atoms with Gasteiger partial charge in [0.25, 0.3) is 0 Å². The van der Waals surface area contributed by atoms with Gasteiger partial charge in [0.2, 0.25) is 5.91 Å². The molecule has 2 atom stereocenters. The first-order valence-electron chi connectivity index (χ1n) is 6.84. The summed E-state index contributed by atoms with van der Waals surface area (Å²) in [7, 11) is 1.28. The van der Waals surface area contributed by atoms with Crippen LogP contribution in [0.5, 0.6) is 0 Å². The molecule has 0 saturated carbocycles. The number of carbonyl (C=O) groups excluding carboxylic acids is 2. The van der Waals surface area contributed by atoms with Crippen LogP contribution in [0, 0.1) is 5.82 Å². The summed E-state index contributed by atoms with van der Waals surface area (Å²) in [6.07, 6.45) is 1.02. The number of hydrogen-bond acceptors (Lipinski definition) is 4. The Kier molecular flexibility index (Phi) is 5.27. The van der Waals surface area contributed by atoms with Gasteiger partial charge in [-0.3, -0.25) is 9.59 Å². The predicted octanol–water partition coefficient (Wildman–Crippen LogP) is 1.73. The SMILES string of the molecule is COC(=O)C[C@H](NC(=O)[C@H]1CCCO1)c1ccc(F)cc1. The highest BCUT2D eigenvalue weighted by Crippen LogP contribution is 2.20. The van der Waals surface area contributed by atoms with Crippen LogP contribution in [0.3, 0.4) is 0 Å². The van der Waals surface area contributed by atoms with E-state index in [1.54, 1.807) is 12.1 Å². The Balaban J connectivity index is 2.09. The summed E-state index contributed by atoms with van der Waals surface area (Å²) >= 11 is 0. The Morgan fingerprint density at radius 3 is 2.71 bits per heavy atom. The fourth-order valence-corrected chi connectivity index (χ4v) is 2.25. The highest BCUT2D eigenvalue weighted by atomic mass is 19.1. The second kappa shape index (κ2) is 7.17. The maximum Gasteiger partial charge on any atom is 0.307 e. The van der Waals surface area contributed by atoms with Crippen molar-refractivity contribution in [3.05, 3.63) is 35.6 Å². The molecule has 1 fully saturated rings.